The molecule has 0 saturated heterocycles. The van der Waals surface area contributed by atoms with Gasteiger partial charge in [-0.3, -0.25) is 0 Å². The maximum absolute atomic E-state index is 6.42. The molecule has 0 aromatic heterocycles. The van der Waals surface area contributed by atoms with Crippen molar-refractivity contribution in [2.45, 2.75) is 6.55 Å². The zero-order valence-electron chi connectivity index (χ0n) is 10.1. The molecule has 0 spiro atoms. The van der Waals surface area contributed by atoms with E-state index in [1.165, 1.54) is 0 Å². The van der Waals surface area contributed by atoms with Crippen LogP contribution in [-0.2, 0) is 0 Å². The van der Waals surface area contributed by atoms with E-state index in [-0.39, 0.29) is 0 Å². The topological polar surface area (TPSA) is 0 Å². The molecule has 0 aliphatic carbocycles. The number of hydrogen-bond donors (Lipinski definition) is 0. The largest absolute Gasteiger partial charge is 0.278 e. The van der Waals surface area contributed by atoms with Gasteiger partial charge in [-0.05, 0) is 22.9 Å². The van der Waals surface area contributed by atoms with E-state index in [0.717, 1.165) is 16.3 Å². The molecule has 0 saturated carbocycles. The highest BCUT2D eigenvalue weighted by Crippen LogP contribution is 2.33. The molecule has 0 aliphatic heterocycles. The Morgan fingerprint density at radius 1 is 0.889 bits per heavy atom. The van der Waals surface area contributed by atoms with Crippen LogP contribution in [0.3, 0.4) is 0 Å². The Hall–Kier alpha value is -1.02. The first-order valence-corrected chi connectivity index (χ1v) is 10.3. The summed E-state index contributed by atoms with van der Waals surface area (Å²) in [6.45, 7) is -0.476. The van der Waals surface area contributed by atoms with Gasteiger partial charge in [-0.1, -0.05) is 66.7 Å². The van der Waals surface area contributed by atoms with E-state index in [0.29, 0.717) is 0 Å². The molecule has 0 nitrogen and oxygen atoms in total. The first-order valence-electron chi connectivity index (χ1n) is 5.78. The zero-order valence-corrected chi connectivity index (χ0v) is 12.6. The van der Waals surface area contributed by atoms with Gasteiger partial charge in [-0.15, -0.1) is 22.2 Å². The third-order valence-electron chi connectivity index (χ3n) is 2.67. The van der Waals surface area contributed by atoms with Gasteiger partial charge in [-0.2, -0.15) is 0 Å². The quantitative estimate of drug-likeness (QED) is 0.408. The Bertz CT molecular complexity index is 527. The van der Waals surface area contributed by atoms with Gasteiger partial charge in [0.15, 0.2) is 0 Å². The van der Waals surface area contributed by atoms with Gasteiger partial charge in [0.05, 0.1) is 0 Å². The van der Waals surface area contributed by atoms with E-state index in [9.17, 15) is 0 Å². The van der Waals surface area contributed by atoms with Gasteiger partial charge in [0.25, 0.3) is 6.69 Å². The normalized spacial score (nSPS) is 12.5. The summed E-state index contributed by atoms with van der Waals surface area (Å²) >= 11 is 12.8. The van der Waals surface area contributed by atoms with Gasteiger partial charge in [-0.25, -0.2) is 0 Å². The minimum atomic E-state index is -2.40. The molecule has 2 aromatic rings. The predicted molar refractivity (Wildman–Crippen MR) is 84.1 cm³/mol. The molecular formula is C15H14Cl2Si. The van der Waals surface area contributed by atoms with E-state index in [4.69, 9.17) is 22.2 Å². The van der Waals surface area contributed by atoms with E-state index >= 15 is 0 Å². The number of benzene rings is 2. The Morgan fingerprint density at radius 3 is 1.89 bits per heavy atom. The van der Waals surface area contributed by atoms with Crippen molar-refractivity contribution >= 4 is 40.1 Å². The maximum atomic E-state index is 6.42. The number of rotatable bonds is 3. The number of hydrogen-bond acceptors (Lipinski definition) is 0. The van der Waals surface area contributed by atoms with Crippen LogP contribution in [0, 0.1) is 0 Å². The molecule has 92 valence electrons. The average molecular weight is 293 g/mol. The molecule has 0 heterocycles. The van der Waals surface area contributed by atoms with Crippen LogP contribution in [0.5, 0.6) is 0 Å². The lowest BCUT2D eigenvalue weighted by molar-refractivity contribution is 1.63. The molecule has 2 aromatic carbocycles. The summed E-state index contributed by atoms with van der Waals surface area (Å²) in [5.74, 6) is 0. The fraction of sp³-hybridized carbons (Fsp3) is 0.0667. The molecule has 2 rings (SSSR count). The Balaban J connectivity index is 2.48. The smallest absolute Gasteiger partial charge is 0.140 e. The molecule has 0 amide bonds. The standard InChI is InChI=1S/C15H14Cl2Si/c1-18(16,17)15(14-10-6-3-7-11-14)12-13-8-4-2-5-9-13/h2-12H,1H3/b15-12-. The monoisotopic (exact) mass is 292 g/mol. The van der Waals surface area contributed by atoms with Gasteiger partial charge < -0.3 is 0 Å². The summed E-state index contributed by atoms with van der Waals surface area (Å²) in [7, 11) is 0. The first-order chi connectivity index (χ1) is 8.57. The van der Waals surface area contributed by atoms with Gasteiger partial charge in [0.1, 0.15) is 0 Å². The van der Waals surface area contributed by atoms with Crippen LogP contribution in [0.4, 0.5) is 0 Å². The van der Waals surface area contributed by atoms with Crippen LogP contribution in [0.15, 0.2) is 60.7 Å². The fourth-order valence-corrected chi connectivity index (χ4v) is 3.87. The highest BCUT2D eigenvalue weighted by atomic mass is 35.7. The lowest BCUT2D eigenvalue weighted by Crippen LogP contribution is -2.16. The minimum absolute atomic E-state index is 1.04. The van der Waals surface area contributed by atoms with Crippen LogP contribution in [-0.4, -0.2) is 6.69 Å². The van der Waals surface area contributed by atoms with Crippen molar-refractivity contribution in [3.05, 3.63) is 71.8 Å². The second-order valence-electron chi connectivity index (χ2n) is 4.22. The van der Waals surface area contributed by atoms with Gasteiger partial charge >= 0.3 is 0 Å². The third-order valence-corrected chi connectivity index (χ3v) is 5.27. The molecule has 0 unspecified atom stereocenters. The molecular weight excluding hydrogens is 279 g/mol. The fourth-order valence-electron chi connectivity index (χ4n) is 1.80. The van der Waals surface area contributed by atoms with E-state index < -0.39 is 6.69 Å². The highest BCUT2D eigenvalue weighted by molar-refractivity contribution is 7.52. The molecule has 0 N–H and O–H groups in total. The van der Waals surface area contributed by atoms with E-state index in [1.807, 2.05) is 55.1 Å². The maximum Gasteiger partial charge on any atom is 0.278 e. The Morgan fingerprint density at radius 2 is 1.39 bits per heavy atom. The van der Waals surface area contributed by atoms with E-state index in [1.54, 1.807) is 0 Å². The summed E-state index contributed by atoms with van der Waals surface area (Å²) in [5, 5.41) is 1.04. The summed E-state index contributed by atoms with van der Waals surface area (Å²) in [6, 6.07) is 20.2. The van der Waals surface area contributed by atoms with Crippen molar-refractivity contribution in [3.63, 3.8) is 0 Å². The molecule has 0 bridgehead atoms. The lowest BCUT2D eigenvalue weighted by atomic mass is 10.1. The molecule has 0 radical (unpaired) electrons. The molecule has 0 aliphatic rings. The van der Waals surface area contributed by atoms with Crippen molar-refractivity contribution < 1.29 is 0 Å². The van der Waals surface area contributed by atoms with Crippen LogP contribution in [0.2, 0.25) is 6.55 Å². The second kappa shape index (κ2) is 5.74. The Labute approximate surface area is 118 Å². The van der Waals surface area contributed by atoms with Crippen molar-refractivity contribution in [3.8, 4) is 0 Å². The van der Waals surface area contributed by atoms with Crippen LogP contribution in [0.1, 0.15) is 11.1 Å². The summed E-state index contributed by atoms with van der Waals surface area (Å²) in [6.07, 6.45) is 2.08. The van der Waals surface area contributed by atoms with Crippen molar-refractivity contribution in [1.29, 1.82) is 0 Å². The summed E-state index contributed by atoms with van der Waals surface area (Å²) < 4.78 is 0. The van der Waals surface area contributed by atoms with Crippen molar-refractivity contribution in [1.82, 2.24) is 0 Å². The first kappa shape index (κ1) is 13.4. The summed E-state index contributed by atoms with van der Waals surface area (Å²) in [5.41, 5.74) is 2.22. The molecule has 0 fully saturated rings. The second-order valence-corrected chi connectivity index (χ2v) is 11.7. The molecule has 0 atom stereocenters. The van der Waals surface area contributed by atoms with Crippen molar-refractivity contribution in [2.75, 3.05) is 0 Å². The molecule has 3 heteroatoms. The average Bonchev–Trinajstić information content (AvgIpc) is 2.37. The van der Waals surface area contributed by atoms with Gasteiger partial charge in [0.2, 0.25) is 0 Å². The highest BCUT2D eigenvalue weighted by Gasteiger charge is 2.28. The SMILES string of the molecule is C[Si](Cl)(Cl)/C(=C\c1ccccc1)c1ccccc1. The third kappa shape index (κ3) is 3.48. The lowest BCUT2D eigenvalue weighted by Gasteiger charge is -2.16. The van der Waals surface area contributed by atoms with E-state index in [2.05, 4.69) is 18.2 Å². The minimum Gasteiger partial charge on any atom is -0.140 e. The van der Waals surface area contributed by atoms with Crippen LogP contribution in [0.25, 0.3) is 11.3 Å². The van der Waals surface area contributed by atoms with Gasteiger partial charge in [0, 0.05) is 0 Å². The number of halogens is 2. The van der Waals surface area contributed by atoms with Crippen molar-refractivity contribution in [2.24, 2.45) is 0 Å². The predicted octanol–water partition coefficient (Wildman–Crippen LogP) is 5.32. The molecule has 18 heavy (non-hydrogen) atoms. The Kier molecular flexibility index (Phi) is 4.28. The zero-order chi connectivity index (χ0) is 13.0. The van der Waals surface area contributed by atoms with Crippen LogP contribution >= 0.6 is 22.2 Å². The van der Waals surface area contributed by atoms with Crippen LogP contribution < -0.4 is 0 Å². The summed E-state index contributed by atoms with van der Waals surface area (Å²) in [4.78, 5) is 0.